The van der Waals surface area contributed by atoms with Crippen LogP contribution in [0.1, 0.15) is 30.5 Å². The van der Waals surface area contributed by atoms with Gasteiger partial charge in [0.15, 0.2) is 0 Å². The van der Waals surface area contributed by atoms with E-state index in [2.05, 4.69) is 52.3 Å². The summed E-state index contributed by atoms with van der Waals surface area (Å²) in [5.74, 6) is 0.594. The second-order valence-corrected chi connectivity index (χ2v) is 9.58. The van der Waals surface area contributed by atoms with Crippen LogP contribution in [-0.2, 0) is 10.0 Å². The normalized spacial score (nSPS) is 21.5. The summed E-state index contributed by atoms with van der Waals surface area (Å²) < 4.78 is 29.8. The van der Waals surface area contributed by atoms with Gasteiger partial charge in [-0.15, -0.1) is 4.40 Å². The maximum absolute atomic E-state index is 12.8. The van der Waals surface area contributed by atoms with Crippen molar-refractivity contribution in [1.82, 2.24) is 4.90 Å². The first-order valence-electron chi connectivity index (χ1n) is 9.98. The van der Waals surface area contributed by atoms with Gasteiger partial charge < -0.3 is 9.80 Å². The molecule has 0 spiro atoms. The van der Waals surface area contributed by atoms with E-state index in [1.54, 1.807) is 0 Å². The molecule has 4 rings (SSSR count). The summed E-state index contributed by atoms with van der Waals surface area (Å²) in [5, 5.41) is 0. The van der Waals surface area contributed by atoms with E-state index in [9.17, 15) is 8.42 Å². The molecule has 1 saturated heterocycles. The number of hydrogen-bond acceptors (Lipinski definition) is 4. The molecule has 1 fully saturated rings. The molecule has 2 aliphatic rings. The minimum absolute atomic E-state index is 0.257. The monoisotopic (exact) mass is 409 g/mol. The van der Waals surface area contributed by atoms with E-state index in [1.165, 1.54) is 11.3 Å². The first-order valence-corrected chi connectivity index (χ1v) is 11.4. The van der Waals surface area contributed by atoms with E-state index in [4.69, 9.17) is 0 Å². The van der Waals surface area contributed by atoms with Gasteiger partial charge in [0.2, 0.25) is 0 Å². The van der Waals surface area contributed by atoms with Gasteiger partial charge in [0.1, 0.15) is 10.7 Å². The van der Waals surface area contributed by atoms with Crippen molar-refractivity contribution in [2.24, 2.45) is 4.40 Å². The van der Waals surface area contributed by atoms with E-state index < -0.39 is 10.0 Å². The number of anilines is 1. The molecule has 152 valence electrons. The lowest BCUT2D eigenvalue weighted by atomic mass is 10.1. The van der Waals surface area contributed by atoms with Crippen molar-refractivity contribution < 1.29 is 8.42 Å². The number of rotatable bonds is 2. The molecule has 2 aromatic carbocycles. The molecule has 0 saturated carbocycles. The largest absolute Gasteiger partial charge is 0.365 e. The molecule has 2 aliphatic heterocycles. The Labute approximate surface area is 173 Å². The van der Waals surface area contributed by atoms with Crippen LogP contribution in [0.5, 0.6) is 0 Å². The average molecular weight is 410 g/mol. The van der Waals surface area contributed by atoms with Gasteiger partial charge in [-0.1, -0.05) is 42.0 Å². The van der Waals surface area contributed by atoms with Crippen LogP contribution in [0.3, 0.4) is 0 Å². The van der Waals surface area contributed by atoms with Crippen LogP contribution >= 0.6 is 0 Å². The number of hydrogen-bond donors (Lipinski definition) is 0. The summed E-state index contributed by atoms with van der Waals surface area (Å²) in [6, 6.07) is 16.4. The van der Waals surface area contributed by atoms with E-state index in [0.29, 0.717) is 16.3 Å². The Morgan fingerprint density at radius 1 is 0.966 bits per heavy atom. The maximum Gasteiger partial charge on any atom is 0.285 e. The maximum atomic E-state index is 12.8. The van der Waals surface area contributed by atoms with E-state index in [-0.39, 0.29) is 6.04 Å². The molecule has 0 bridgehead atoms. The summed E-state index contributed by atoms with van der Waals surface area (Å²) in [6.07, 6.45) is 0. The van der Waals surface area contributed by atoms with Crippen LogP contribution in [0.4, 0.5) is 5.69 Å². The summed E-state index contributed by atoms with van der Waals surface area (Å²) >= 11 is 0. The van der Waals surface area contributed by atoms with Crippen LogP contribution in [0.2, 0.25) is 0 Å². The quantitative estimate of drug-likeness (QED) is 0.753. The fraction of sp³-hybridized carbons (Fsp3) is 0.348. The van der Waals surface area contributed by atoms with Crippen molar-refractivity contribution in [3.8, 4) is 0 Å². The molecule has 2 aromatic rings. The van der Waals surface area contributed by atoms with E-state index >= 15 is 0 Å². The van der Waals surface area contributed by atoms with Crippen molar-refractivity contribution in [1.29, 1.82) is 0 Å². The average Bonchev–Trinajstić information content (AvgIpc) is 2.91. The Hall–Kier alpha value is -2.60. The van der Waals surface area contributed by atoms with Crippen LogP contribution in [-0.4, -0.2) is 44.8 Å². The van der Waals surface area contributed by atoms with E-state index in [1.807, 2.05) is 38.1 Å². The molecule has 0 N–H and O–H groups in total. The van der Waals surface area contributed by atoms with Gasteiger partial charge in [0.25, 0.3) is 10.0 Å². The second-order valence-electron chi connectivity index (χ2n) is 8.04. The third-order valence-electron chi connectivity index (χ3n) is 5.71. The molecule has 29 heavy (non-hydrogen) atoms. The number of sulfonamides is 1. The molecule has 5 nitrogen and oxygen atoms in total. The summed E-state index contributed by atoms with van der Waals surface area (Å²) in [5.41, 5.74) is 5.00. The highest BCUT2D eigenvalue weighted by molar-refractivity contribution is 8.00. The minimum Gasteiger partial charge on any atom is -0.365 e. The molecule has 0 unspecified atom stereocenters. The van der Waals surface area contributed by atoms with Crippen LogP contribution in [0, 0.1) is 13.8 Å². The van der Waals surface area contributed by atoms with Crippen LogP contribution < -0.4 is 4.90 Å². The third kappa shape index (κ3) is 3.69. The molecular weight excluding hydrogens is 382 g/mol. The van der Waals surface area contributed by atoms with Crippen molar-refractivity contribution in [2.75, 3.05) is 24.5 Å². The highest BCUT2D eigenvalue weighted by Crippen LogP contribution is 2.34. The fourth-order valence-electron chi connectivity index (χ4n) is 4.23. The Morgan fingerprint density at radius 2 is 1.69 bits per heavy atom. The predicted octanol–water partition coefficient (Wildman–Crippen LogP) is 3.99. The van der Waals surface area contributed by atoms with Crippen molar-refractivity contribution in [3.05, 3.63) is 70.8 Å². The van der Waals surface area contributed by atoms with Gasteiger partial charge in [-0.3, -0.25) is 0 Å². The summed E-state index contributed by atoms with van der Waals surface area (Å²) in [6.45, 7) is 10.5. The Balaban J connectivity index is 1.60. The Bertz CT molecular complexity index is 1100. The number of benzene rings is 2. The highest BCUT2D eigenvalue weighted by Gasteiger charge is 2.35. The van der Waals surface area contributed by atoms with Gasteiger partial charge >= 0.3 is 0 Å². The van der Waals surface area contributed by atoms with Crippen molar-refractivity contribution in [2.45, 2.75) is 33.7 Å². The van der Waals surface area contributed by atoms with Crippen LogP contribution in [0.15, 0.2) is 58.5 Å². The van der Waals surface area contributed by atoms with Gasteiger partial charge in [-0.05, 0) is 51.0 Å². The van der Waals surface area contributed by atoms with Gasteiger partial charge in [0, 0.05) is 36.9 Å². The van der Waals surface area contributed by atoms with Crippen molar-refractivity contribution >= 4 is 26.5 Å². The molecule has 0 amide bonds. The molecular formula is C23H27N3O2S. The fourth-order valence-corrected chi connectivity index (χ4v) is 5.71. The van der Waals surface area contributed by atoms with Gasteiger partial charge in [-0.2, -0.15) is 8.42 Å². The third-order valence-corrected chi connectivity index (χ3v) is 7.19. The Morgan fingerprint density at radius 3 is 2.34 bits per heavy atom. The molecule has 0 aliphatic carbocycles. The number of amidine groups is 1. The summed E-state index contributed by atoms with van der Waals surface area (Å²) in [4.78, 5) is 4.83. The molecule has 2 heterocycles. The zero-order valence-electron chi connectivity index (χ0n) is 17.4. The number of nitrogens with zero attached hydrogens (tertiary/aromatic N) is 3. The lowest BCUT2D eigenvalue weighted by molar-refractivity contribution is 0.339. The molecule has 0 radical (unpaired) electrons. The lowest BCUT2D eigenvalue weighted by Crippen LogP contribution is -2.53. The van der Waals surface area contributed by atoms with Crippen molar-refractivity contribution in [3.63, 3.8) is 0 Å². The number of aryl methyl sites for hydroxylation is 2. The Kier molecular flexibility index (Phi) is 4.99. The number of piperazine rings is 1. The zero-order valence-corrected chi connectivity index (χ0v) is 18.2. The van der Waals surface area contributed by atoms with Gasteiger partial charge in [0.05, 0.1) is 0 Å². The second kappa shape index (κ2) is 7.34. The standard InChI is InChI=1S/C23H27N3O2S/c1-16-8-10-20(11-9-16)22-19(4)23(24-29(22,27)28)25-12-13-26(18(3)15-25)21-7-5-6-17(2)14-21/h5-11,14,18H,12-13,15H2,1-4H3/t18-/m1/s1. The lowest BCUT2D eigenvalue weighted by Gasteiger charge is -2.42. The SMILES string of the molecule is CC1=C(c2ccc(C)cc2)S(=O)(=O)N=C1N1CCN(c2cccc(C)c2)[C@H](C)C1. The smallest absolute Gasteiger partial charge is 0.285 e. The molecule has 1 atom stereocenters. The molecule has 0 aromatic heterocycles. The first kappa shape index (κ1) is 19.7. The van der Waals surface area contributed by atoms with Crippen LogP contribution in [0.25, 0.3) is 4.91 Å². The highest BCUT2D eigenvalue weighted by atomic mass is 32.2. The predicted molar refractivity (Wildman–Crippen MR) is 120 cm³/mol. The first-order chi connectivity index (χ1) is 13.8. The zero-order chi connectivity index (χ0) is 20.8. The minimum atomic E-state index is -3.68. The van der Waals surface area contributed by atoms with E-state index in [0.717, 1.165) is 30.8 Å². The topological polar surface area (TPSA) is 53.0 Å². The molecule has 6 heteroatoms. The van der Waals surface area contributed by atoms with Gasteiger partial charge in [-0.25, -0.2) is 0 Å². The summed E-state index contributed by atoms with van der Waals surface area (Å²) in [7, 11) is -3.68.